The second-order valence-electron chi connectivity index (χ2n) is 6.06. The molecule has 0 aliphatic rings. The number of hydrogen-bond donors (Lipinski definition) is 0. The van der Waals surface area contributed by atoms with E-state index in [-0.39, 0.29) is 5.91 Å². The summed E-state index contributed by atoms with van der Waals surface area (Å²) in [6.07, 6.45) is 6.99. The molecule has 1 amide bonds. The van der Waals surface area contributed by atoms with Crippen LogP contribution in [0.2, 0.25) is 0 Å². The summed E-state index contributed by atoms with van der Waals surface area (Å²) in [5.74, 6) is 0.720. The molecule has 26 heavy (non-hydrogen) atoms. The molecule has 132 valence electrons. The minimum absolute atomic E-state index is 0.0224. The molecule has 5 heteroatoms. The molecule has 0 saturated heterocycles. The van der Waals surface area contributed by atoms with Crippen molar-refractivity contribution in [2.75, 3.05) is 7.11 Å². The molecule has 2 aromatic heterocycles. The van der Waals surface area contributed by atoms with Crippen LogP contribution in [-0.4, -0.2) is 27.9 Å². The highest BCUT2D eigenvalue weighted by Crippen LogP contribution is 2.20. The third-order valence-corrected chi connectivity index (χ3v) is 4.17. The van der Waals surface area contributed by atoms with Gasteiger partial charge in [-0.15, -0.1) is 0 Å². The second-order valence-corrected chi connectivity index (χ2v) is 6.06. The Kier molecular flexibility index (Phi) is 5.59. The van der Waals surface area contributed by atoms with Crippen molar-refractivity contribution in [3.05, 3.63) is 89.5 Å². The number of rotatable bonds is 6. The lowest BCUT2D eigenvalue weighted by molar-refractivity contribution is 0.0729. The Labute approximate surface area is 153 Å². The smallest absolute Gasteiger partial charge is 0.254 e. The van der Waals surface area contributed by atoms with Gasteiger partial charge in [0.1, 0.15) is 5.75 Å². The molecule has 2 heterocycles. The van der Waals surface area contributed by atoms with Crippen LogP contribution < -0.4 is 4.74 Å². The van der Waals surface area contributed by atoms with Crippen LogP contribution >= 0.6 is 0 Å². The van der Waals surface area contributed by atoms with Crippen molar-refractivity contribution in [1.29, 1.82) is 0 Å². The first kappa shape index (κ1) is 17.6. The number of aryl methyl sites for hydroxylation is 1. The third-order valence-electron chi connectivity index (χ3n) is 4.17. The van der Waals surface area contributed by atoms with E-state index in [0.717, 1.165) is 22.4 Å². The van der Waals surface area contributed by atoms with E-state index >= 15 is 0 Å². The van der Waals surface area contributed by atoms with Gasteiger partial charge < -0.3 is 9.64 Å². The summed E-state index contributed by atoms with van der Waals surface area (Å²) < 4.78 is 5.24. The van der Waals surface area contributed by atoms with Gasteiger partial charge in [0.05, 0.1) is 7.11 Å². The van der Waals surface area contributed by atoms with Crippen molar-refractivity contribution in [2.24, 2.45) is 0 Å². The van der Waals surface area contributed by atoms with Crippen LogP contribution in [0.3, 0.4) is 0 Å². The van der Waals surface area contributed by atoms with Gasteiger partial charge in [-0.1, -0.05) is 6.07 Å². The van der Waals surface area contributed by atoms with Crippen LogP contribution in [0.25, 0.3) is 0 Å². The summed E-state index contributed by atoms with van der Waals surface area (Å²) in [7, 11) is 1.62. The zero-order chi connectivity index (χ0) is 18.4. The molecule has 0 fully saturated rings. The number of pyridine rings is 2. The number of benzene rings is 1. The minimum Gasteiger partial charge on any atom is -0.497 e. The van der Waals surface area contributed by atoms with Gasteiger partial charge in [-0.05, 0) is 60.0 Å². The van der Waals surface area contributed by atoms with E-state index in [4.69, 9.17) is 4.74 Å². The number of hydrogen-bond acceptors (Lipinski definition) is 4. The Balaban J connectivity index is 1.90. The molecule has 0 aliphatic carbocycles. The number of carbonyl (C=O) groups excluding carboxylic acids is 1. The second kappa shape index (κ2) is 8.25. The standard InChI is InChI=1S/C21H21N3O2/c1-16-12-19(26-2)5-6-20(16)21(25)24(14-17-7-10-22-11-8-17)15-18-4-3-9-23-13-18/h3-13H,14-15H2,1-2H3. The summed E-state index contributed by atoms with van der Waals surface area (Å²) in [5, 5.41) is 0. The molecule has 3 aromatic rings. The molecule has 5 nitrogen and oxygen atoms in total. The van der Waals surface area contributed by atoms with Crippen LogP contribution in [0, 0.1) is 6.92 Å². The predicted molar refractivity (Wildman–Crippen MR) is 99.8 cm³/mol. The lowest BCUT2D eigenvalue weighted by atomic mass is 10.1. The van der Waals surface area contributed by atoms with E-state index in [1.807, 2.05) is 54.3 Å². The maximum Gasteiger partial charge on any atom is 0.254 e. The number of carbonyl (C=O) groups is 1. The Bertz CT molecular complexity index is 825. The van der Waals surface area contributed by atoms with Crippen molar-refractivity contribution in [3.63, 3.8) is 0 Å². The number of amides is 1. The largest absolute Gasteiger partial charge is 0.497 e. The molecule has 3 rings (SSSR count). The first-order chi connectivity index (χ1) is 12.7. The highest BCUT2D eigenvalue weighted by Gasteiger charge is 2.19. The van der Waals surface area contributed by atoms with Crippen LogP contribution in [0.5, 0.6) is 5.75 Å². The quantitative estimate of drug-likeness (QED) is 0.683. The van der Waals surface area contributed by atoms with E-state index in [9.17, 15) is 4.79 Å². The number of ether oxygens (including phenoxy) is 1. The average molecular weight is 347 g/mol. The molecule has 0 atom stereocenters. The van der Waals surface area contributed by atoms with E-state index in [0.29, 0.717) is 18.7 Å². The van der Waals surface area contributed by atoms with Crippen molar-refractivity contribution < 1.29 is 9.53 Å². The molecule has 0 saturated carbocycles. The Morgan fingerprint density at radius 2 is 1.77 bits per heavy atom. The van der Waals surface area contributed by atoms with Crippen molar-refractivity contribution in [1.82, 2.24) is 14.9 Å². The summed E-state index contributed by atoms with van der Waals surface area (Å²) in [6.45, 7) is 2.91. The highest BCUT2D eigenvalue weighted by atomic mass is 16.5. The van der Waals surface area contributed by atoms with Crippen molar-refractivity contribution in [2.45, 2.75) is 20.0 Å². The first-order valence-corrected chi connectivity index (χ1v) is 8.39. The zero-order valence-electron chi connectivity index (χ0n) is 14.9. The fraction of sp³-hybridized carbons (Fsp3) is 0.190. The Morgan fingerprint density at radius 3 is 2.42 bits per heavy atom. The van der Waals surface area contributed by atoms with Gasteiger partial charge in [-0.25, -0.2) is 0 Å². The molecule has 1 aromatic carbocycles. The molecule has 0 aliphatic heterocycles. The number of methoxy groups -OCH3 is 1. The van der Waals surface area contributed by atoms with E-state index < -0.39 is 0 Å². The highest BCUT2D eigenvalue weighted by molar-refractivity contribution is 5.95. The topological polar surface area (TPSA) is 55.3 Å². The van der Waals surface area contributed by atoms with Gasteiger partial charge >= 0.3 is 0 Å². The normalized spacial score (nSPS) is 10.4. The lowest BCUT2D eigenvalue weighted by Crippen LogP contribution is -2.30. The molecule has 0 N–H and O–H groups in total. The first-order valence-electron chi connectivity index (χ1n) is 8.39. The Morgan fingerprint density at radius 1 is 1.00 bits per heavy atom. The molecule has 0 unspecified atom stereocenters. The zero-order valence-corrected chi connectivity index (χ0v) is 14.9. The van der Waals surface area contributed by atoms with Crippen LogP contribution in [0.15, 0.2) is 67.3 Å². The fourth-order valence-corrected chi connectivity index (χ4v) is 2.79. The SMILES string of the molecule is COc1ccc(C(=O)N(Cc2ccncc2)Cc2cccnc2)c(C)c1. The molecule has 0 spiro atoms. The van der Waals surface area contributed by atoms with E-state index in [1.54, 1.807) is 31.9 Å². The predicted octanol–water partition coefficient (Wildman–Crippen LogP) is 3.64. The van der Waals surface area contributed by atoms with E-state index in [1.165, 1.54) is 0 Å². The van der Waals surface area contributed by atoms with E-state index in [2.05, 4.69) is 9.97 Å². The minimum atomic E-state index is -0.0224. The number of nitrogens with zero attached hydrogens (tertiary/aromatic N) is 3. The van der Waals surface area contributed by atoms with Gasteiger partial charge in [0.2, 0.25) is 0 Å². The molecule has 0 bridgehead atoms. The van der Waals surface area contributed by atoms with Crippen LogP contribution in [0.1, 0.15) is 27.0 Å². The summed E-state index contributed by atoms with van der Waals surface area (Å²) >= 11 is 0. The van der Waals surface area contributed by atoms with Crippen molar-refractivity contribution >= 4 is 5.91 Å². The maximum absolute atomic E-state index is 13.2. The summed E-state index contributed by atoms with van der Waals surface area (Å²) in [4.78, 5) is 23.2. The average Bonchev–Trinajstić information content (AvgIpc) is 2.68. The molecule has 0 radical (unpaired) electrons. The maximum atomic E-state index is 13.2. The molecular weight excluding hydrogens is 326 g/mol. The molecular formula is C21H21N3O2. The lowest BCUT2D eigenvalue weighted by Gasteiger charge is -2.24. The van der Waals surface area contributed by atoms with Crippen LogP contribution in [0.4, 0.5) is 0 Å². The Hall–Kier alpha value is -3.21. The summed E-state index contributed by atoms with van der Waals surface area (Å²) in [6, 6.07) is 13.2. The van der Waals surface area contributed by atoms with Gasteiger partial charge in [0.25, 0.3) is 5.91 Å². The van der Waals surface area contributed by atoms with Crippen LogP contribution in [-0.2, 0) is 13.1 Å². The van der Waals surface area contributed by atoms with Gasteiger partial charge in [-0.2, -0.15) is 0 Å². The third kappa shape index (κ3) is 4.25. The van der Waals surface area contributed by atoms with Gasteiger partial charge in [0.15, 0.2) is 0 Å². The van der Waals surface area contributed by atoms with Crippen molar-refractivity contribution in [3.8, 4) is 5.75 Å². The van der Waals surface area contributed by atoms with Gasteiger partial charge in [0, 0.05) is 43.4 Å². The fourth-order valence-electron chi connectivity index (χ4n) is 2.79. The monoisotopic (exact) mass is 347 g/mol. The summed E-state index contributed by atoms with van der Waals surface area (Å²) in [5.41, 5.74) is 3.58. The number of aromatic nitrogens is 2. The van der Waals surface area contributed by atoms with Gasteiger partial charge in [-0.3, -0.25) is 14.8 Å².